The third kappa shape index (κ3) is 1.88. The number of nitrogens with zero attached hydrogens (tertiary/aromatic N) is 2. The zero-order valence-corrected chi connectivity index (χ0v) is 11.5. The van der Waals surface area contributed by atoms with Crippen molar-refractivity contribution >= 4 is 0 Å². The fourth-order valence-corrected chi connectivity index (χ4v) is 4.04. The number of hydrogen-bond acceptors (Lipinski definition) is 2. The second-order valence-corrected chi connectivity index (χ2v) is 6.14. The normalized spacial score (nSPS) is 29.8. The lowest BCUT2D eigenvalue weighted by molar-refractivity contribution is 0.135. The maximum atomic E-state index is 10.8. The van der Waals surface area contributed by atoms with Crippen LogP contribution in [0.15, 0.2) is 42.6 Å². The van der Waals surface area contributed by atoms with Crippen LogP contribution in [0.3, 0.4) is 0 Å². The summed E-state index contributed by atoms with van der Waals surface area (Å²) in [6, 6.07) is 12.0. The monoisotopic (exact) mass is 268 g/mol. The maximum absolute atomic E-state index is 10.8. The van der Waals surface area contributed by atoms with E-state index in [1.165, 1.54) is 25.7 Å². The van der Waals surface area contributed by atoms with E-state index in [2.05, 4.69) is 5.10 Å². The van der Waals surface area contributed by atoms with Gasteiger partial charge in [0.15, 0.2) is 0 Å². The Labute approximate surface area is 119 Å². The van der Waals surface area contributed by atoms with Crippen molar-refractivity contribution < 1.29 is 5.11 Å². The largest absolute Gasteiger partial charge is 0.386 e. The number of para-hydroxylation sites is 1. The second-order valence-electron chi connectivity index (χ2n) is 6.14. The topological polar surface area (TPSA) is 38.1 Å². The quantitative estimate of drug-likeness (QED) is 0.927. The van der Waals surface area contributed by atoms with Crippen molar-refractivity contribution in [3.05, 3.63) is 48.3 Å². The number of fused-ring (bicyclic) bond motifs is 1. The number of hydrogen-bond donors (Lipinski definition) is 1. The van der Waals surface area contributed by atoms with Crippen LogP contribution in [0, 0.1) is 17.8 Å². The van der Waals surface area contributed by atoms with Crippen LogP contribution in [0.4, 0.5) is 0 Å². The highest BCUT2D eigenvalue weighted by atomic mass is 16.3. The molecule has 0 amide bonds. The lowest BCUT2D eigenvalue weighted by Gasteiger charge is -2.13. The van der Waals surface area contributed by atoms with Crippen molar-refractivity contribution in [3.8, 4) is 5.69 Å². The molecule has 0 spiro atoms. The zero-order chi connectivity index (χ0) is 13.5. The SMILES string of the molecule is OC(c1ccnn1-c1ccccc1)C1C2CCCCC21. The molecule has 0 bridgehead atoms. The third-order valence-corrected chi connectivity index (χ3v) is 5.06. The molecule has 0 radical (unpaired) electrons. The summed E-state index contributed by atoms with van der Waals surface area (Å²) in [5, 5.41) is 15.2. The summed E-state index contributed by atoms with van der Waals surface area (Å²) in [7, 11) is 0. The van der Waals surface area contributed by atoms with Gasteiger partial charge in [-0.1, -0.05) is 31.0 Å². The summed E-state index contributed by atoms with van der Waals surface area (Å²) in [6.07, 6.45) is 6.69. The highest BCUT2D eigenvalue weighted by Crippen LogP contribution is 2.60. The molecule has 20 heavy (non-hydrogen) atoms. The Morgan fingerprint density at radius 1 is 1.05 bits per heavy atom. The molecule has 1 N–H and O–H groups in total. The number of aliphatic hydroxyl groups is 1. The van der Waals surface area contributed by atoms with Gasteiger partial charge in [-0.15, -0.1) is 0 Å². The van der Waals surface area contributed by atoms with Crippen LogP contribution in [0.25, 0.3) is 5.69 Å². The average Bonchev–Trinajstić information content (AvgIpc) is 3.02. The third-order valence-electron chi connectivity index (χ3n) is 5.06. The summed E-state index contributed by atoms with van der Waals surface area (Å²) in [5.74, 6) is 1.95. The molecule has 4 rings (SSSR count). The fourth-order valence-electron chi connectivity index (χ4n) is 4.04. The van der Waals surface area contributed by atoms with Crippen molar-refractivity contribution in [1.82, 2.24) is 9.78 Å². The van der Waals surface area contributed by atoms with Crippen LogP contribution in [-0.2, 0) is 0 Å². The van der Waals surface area contributed by atoms with Gasteiger partial charge in [-0.25, -0.2) is 4.68 Å². The van der Waals surface area contributed by atoms with Crippen LogP contribution >= 0.6 is 0 Å². The van der Waals surface area contributed by atoms with E-state index in [9.17, 15) is 5.11 Å². The van der Waals surface area contributed by atoms with Gasteiger partial charge in [0.2, 0.25) is 0 Å². The van der Waals surface area contributed by atoms with Gasteiger partial charge in [0.1, 0.15) is 0 Å². The first-order chi connectivity index (χ1) is 9.86. The lowest BCUT2D eigenvalue weighted by Crippen LogP contribution is -2.10. The van der Waals surface area contributed by atoms with Gasteiger partial charge in [-0.2, -0.15) is 5.10 Å². The first-order valence-corrected chi connectivity index (χ1v) is 7.63. The van der Waals surface area contributed by atoms with Gasteiger partial charge >= 0.3 is 0 Å². The van der Waals surface area contributed by atoms with E-state index >= 15 is 0 Å². The van der Waals surface area contributed by atoms with E-state index in [1.54, 1.807) is 6.20 Å². The van der Waals surface area contributed by atoms with Gasteiger partial charge in [-0.05, 0) is 48.8 Å². The van der Waals surface area contributed by atoms with Crippen molar-refractivity contribution in [2.24, 2.45) is 17.8 Å². The standard InChI is InChI=1S/C17H20N2O/c20-17(16-13-8-4-5-9-14(13)16)15-10-11-18-19(15)12-6-2-1-3-7-12/h1-3,6-7,10-11,13-14,16-17,20H,4-5,8-9H2. The van der Waals surface area contributed by atoms with E-state index < -0.39 is 0 Å². The molecule has 1 heterocycles. The van der Waals surface area contributed by atoms with Crippen LogP contribution in [-0.4, -0.2) is 14.9 Å². The Morgan fingerprint density at radius 3 is 2.45 bits per heavy atom. The van der Waals surface area contributed by atoms with Crippen molar-refractivity contribution in [1.29, 1.82) is 0 Å². The molecule has 2 aliphatic rings. The van der Waals surface area contributed by atoms with Crippen LogP contribution in [0.2, 0.25) is 0 Å². The Morgan fingerprint density at radius 2 is 1.75 bits per heavy atom. The first-order valence-electron chi connectivity index (χ1n) is 7.63. The second kappa shape index (κ2) is 4.74. The smallest absolute Gasteiger partial charge is 0.0994 e. The van der Waals surface area contributed by atoms with Gasteiger partial charge in [0.25, 0.3) is 0 Å². The Kier molecular flexibility index (Phi) is 2.88. The van der Waals surface area contributed by atoms with Gasteiger partial charge in [0, 0.05) is 6.20 Å². The van der Waals surface area contributed by atoms with E-state index in [4.69, 9.17) is 0 Å². The summed E-state index contributed by atoms with van der Waals surface area (Å²) in [4.78, 5) is 0. The summed E-state index contributed by atoms with van der Waals surface area (Å²) in [6.45, 7) is 0. The van der Waals surface area contributed by atoms with E-state index in [0.717, 1.165) is 23.2 Å². The molecule has 1 aromatic carbocycles. The molecule has 3 heteroatoms. The Bertz CT molecular complexity index is 580. The van der Waals surface area contributed by atoms with E-state index in [-0.39, 0.29) is 6.10 Å². The average molecular weight is 268 g/mol. The van der Waals surface area contributed by atoms with Crippen molar-refractivity contribution in [2.75, 3.05) is 0 Å². The first kappa shape index (κ1) is 12.2. The highest BCUT2D eigenvalue weighted by molar-refractivity contribution is 5.33. The molecular weight excluding hydrogens is 248 g/mol. The van der Waals surface area contributed by atoms with Crippen molar-refractivity contribution in [2.45, 2.75) is 31.8 Å². The number of benzene rings is 1. The van der Waals surface area contributed by atoms with Gasteiger partial charge < -0.3 is 5.11 Å². The highest BCUT2D eigenvalue weighted by Gasteiger charge is 2.54. The minimum atomic E-state index is -0.370. The molecule has 1 aromatic heterocycles. The molecule has 0 aliphatic heterocycles. The zero-order valence-electron chi connectivity index (χ0n) is 11.5. The minimum absolute atomic E-state index is 0.370. The number of rotatable bonds is 3. The molecule has 3 nitrogen and oxygen atoms in total. The van der Waals surface area contributed by atoms with E-state index in [1.807, 2.05) is 41.1 Å². The van der Waals surface area contributed by atoms with Crippen LogP contribution in [0.1, 0.15) is 37.5 Å². The molecule has 2 aliphatic carbocycles. The van der Waals surface area contributed by atoms with E-state index in [0.29, 0.717) is 5.92 Å². The molecule has 3 unspecified atom stereocenters. The van der Waals surface area contributed by atoms with Gasteiger partial charge in [0.05, 0.1) is 17.5 Å². The molecule has 3 atom stereocenters. The molecular formula is C17H20N2O. The number of aromatic nitrogens is 2. The predicted molar refractivity (Wildman–Crippen MR) is 77.5 cm³/mol. The minimum Gasteiger partial charge on any atom is -0.386 e. The molecule has 0 saturated heterocycles. The Hall–Kier alpha value is -1.61. The number of aliphatic hydroxyl groups excluding tert-OH is 1. The van der Waals surface area contributed by atoms with Crippen LogP contribution < -0.4 is 0 Å². The van der Waals surface area contributed by atoms with Gasteiger partial charge in [-0.3, -0.25) is 0 Å². The van der Waals surface area contributed by atoms with Crippen LogP contribution in [0.5, 0.6) is 0 Å². The summed E-state index contributed by atoms with van der Waals surface area (Å²) < 4.78 is 1.88. The molecule has 104 valence electrons. The Balaban J connectivity index is 1.62. The molecule has 2 fully saturated rings. The predicted octanol–water partition coefficient (Wildman–Crippen LogP) is 3.34. The fraction of sp³-hybridized carbons (Fsp3) is 0.471. The summed E-state index contributed by atoms with van der Waals surface area (Å²) >= 11 is 0. The summed E-state index contributed by atoms with van der Waals surface area (Å²) in [5.41, 5.74) is 1.96. The molecule has 2 aromatic rings. The molecule has 2 saturated carbocycles. The maximum Gasteiger partial charge on any atom is 0.0994 e. The van der Waals surface area contributed by atoms with Crippen molar-refractivity contribution in [3.63, 3.8) is 0 Å². The lowest BCUT2D eigenvalue weighted by atomic mass is 10.0.